The molecule has 0 spiro atoms. The zero-order valence-electron chi connectivity index (χ0n) is 2.80. The van der Waals surface area contributed by atoms with Gasteiger partial charge in [-0.15, -0.1) is 0 Å². The van der Waals surface area contributed by atoms with Crippen LogP contribution in [0.3, 0.4) is 0 Å². The van der Waals surface area contributed by atoms with Crippen LogP contribution in [-0.2, 0) is 9.51 Å². The Bertz CT molecular complexity index is 20.9. The van der Waals surface area contributed by atoms with Crippen molar-refractivity contribution in [3.63, 3.8) is 0 Å². The van der Waals surface area contributed by atoms with Crippen molar-refractivity contribution in [1.29, 1.82) is 0 Å². The Hall–Kier alpha value is 1.26. The minimum Gasteiger partial charge on any atom is 1.00 e. The van der Waals surface area contributed by atoms with Gasteiger partial charge in [-0.2, -0.15) is 0 Å². The van der Waals surface area contributed by atoms with E-state index in [0.29, 0.717) is 0 Å². The van der Waals surface area contributed by atoms with Crippen molar-refractivity contribution in [2.45, 2.75) is 0 Å². The van der Waals surface area contributed by atoms with E-state index in [4.69, 9.17) is 9.96 Å². The third-order valence-electron chi connectivity index (χ3n) is 0.0393. The van der Waals surface area contributed by atoms with Crippen molar-refractivity contribution in [2.24, 2.45) is 0 Å². The topological polar surface area (TPSA) is 49.4 Å². The Balaban J connectivity index is 0. The molecule has 5 heteroatoms. The van der Waals surface area contributed by atoms with Gasteiger partial charge in [0.05, 0.1) is 0 Å². The van der Waals surface area contributed by atoms with Crippen LogP contribution in [0.15, 0.2) is 0 Å². The summed E-state index contributed by atoms with van der Waals surface area (Å²) in [5.74, 6) is 0. The Labute approximate surface area is 72.3 Å². The molecule has 0 saturated heterocycles. The Morgan fingerprint density at radius 3 is 2.00 bits per heavy atom. The first kappa shape index (κ1) is 9.54. The van der Waals surface area contributed by atoms with Gasteiger partial charge in [0.1, 0.15) is 0 Å². The molecule has 5 heavy (non-hydrogen) atoms. The number of hydrogen-bond donors (Lipinski definition) is 0. The van der Waals surface area contributed by atoms with Crippen LogP contribution < -0.4 is 56.6 Å². The van der Waals surface area contributed by atoms with E-state index in [1.54, 1.807) is 0 Å². The maximum Gasteiger partial charge on any atom is 1.00 e. The fraction of sp³-hybridized carbons (Fsp3) is 0. The molecule has 0 aromatic rings. The van der Waals surface area contributed by atoms with Crippen molar-refractivity contribution in [3.8, 4) is 0 Å². The van der Waals surface area contributed by atoms with E-state index in [9.17, 15) is 0 Å². The van der Waals surface area contributed by atoms with Crippen LogP contribution in [0, 0.1) is 0 Å². The van der Waals surface area contributed by atoms with Crippen molar-refractivity contribution in [2.75, 3.05) is 0 Å². The van der Waals surface area contributed by atoms with Gasteiger partial charge in [0.25, 0.3) is 0 Å². The van der Waals surface area contributed by atoms with Gasteiger partial charge in [-0.05, 0) is 0 Å². The molecule has 0 unspecified atom stereocenters. The van der Waals surface area contributed by atoms with E-state index in [0.717, 1.165) is 0 Å². The van der Waals surface area contributed by atoms with Gasteiger partial charge < -0.3 is 0 Å². The van der Waals surface area contributed by atoms with E-state index in [2.05, 4.69) is 4.81 Å². The quantitative estimate of drug-likeness (QED) is 0.188. The summed E-state index contributed by atoms with van der Waals surface area (Å²) in [6.07, 6.45) is 0. The van der Waals surface area contributed by atoms with E-state index in [-0.39, 0.29) is 58.7 Å². The van der Waals surface area contributed by atoms with Crippen molar-refractivity contribution in [1.82, 2.24) is 0 Å². The molecule has 22 valence electrons. The van der Waals surface area contributed by atoms with Gasteiger partial charge in [-0.1, -0.05) is 0 Å². The van der Waals surface area contributed by atoms with Crippen LogP contribution in [0.5, 0.6) is 0 Å². The smallest absolute Gasteiger partial charge is 1.00 e. The monoisotopic (exact) mass is 98.0 g/mol. The summed E-state index contributed by atoms with van der Waals surface area (Å²) < 4.78 is 8.64. The first-order chi connectivity index (χ1) is 1.91. The van der Waals surface area contributed by atoms with E-state index >= 15 is 0 Å². The van der Waals surface area contributed by atoms with Crippen molar-refractivity contribution >= 4 is 7.35 Å². The number of rotatable bonds is 1. The third kappa shape index (κ3) is 10.9. The van der Waals surface area contributed by atoms with Gasteiger partial charge in [0.15, 0.2) is 0 Å². The molecular weight excluding hydrogens is 97.9 g/mol. The summed E-state index contributed by atoms with van der Waals surface area (Å²) in [7, 11) is -0.181. The summed E-state index contributed by atoms with van der Waals surface area (Å²) in [4.78, 5) is 2.61. The maximum atomic E-state index is 8.64. The third-order valence-corrected chi connectivity index (χ3v) is 0.0393. The zero-order valence-corrected chi connectivity index (χ0v) is 5.93. The second-order valence-corrected chi connectivity index (χ2v) is 0.192. The molecule has 0 aromatic carbocycles. The van der Waals surface area contributed by atoms with E-state index in [1.807, 2.05) is 0 Å². The molecule has 0 aliphatic heterocycles. The predicted octanol–water partition coefficient (Wildman–Crippen LogP) is -4.75. The maximum absolute atomic E-state index is 8.64. The van der Waals surface area contributed by atoms with E-state index in [1.165, 1.54) is 0 Å². The summed E-state index contributed by atoms with van der Waals surface area (Å²) in [6.45, 7) is 0. The van der Waals surface area contributed by atoms with E-state index < -0.39 is 0 Å². The van der Waals surface area contributed by atoms with Crippen LogP contribution in [0.2, 0.25) is 0 Å². The second-order valence-electron chi connectivity index (χ2n) is 0.192. The fourth-order valence-corrected chi connectivity index (χ4v) is 0. The minimum atomic E-state index is -0.181. The van der Waals surface area contributed by atoms with Gasteiger partial charge in [-0.25, -0.2) is 0 Å². The molecule has 0 aromatic heterocycles. The first-order valence-corrected chi connectivity index (χ1v) is 0.638. The molecule has 0 aliphatic rings. The summed E-state index contributed by atoms with van der Waals surface area (Å²) in [5, 5.41) is 8.43. The fourth-order valence-electron chi connectivity index (χ4n) is 0. The Morgan fingerprint density at radius 2 is 2.00 bits per heavy atom. The van der Waals surface area contributed by atoms with Crippen molar-refractivity contribution in [3.05, 3.63) is 0 Å². The average Bonchev–Trinajstić information content (AvgIpc) is 1.37. The minimum absolute atomic E-state index is 0. The molecule has 3 nitrogen and oxygen atoms in total. The van der Waals surface area contributed by atoms with Gasteiger partial charge in [0.2, 0.25) is 0 Å². The summed E-state index contributed by atoms with van der Waals surface area (Å²) in [6, 6.07) is 0. The van der Waals surface area contributed by atoms with Crippen LogP contribution >= 0.6 is 0 Å². The summed E-state index contributed by atoms with van der Waals surface area (Å²) >= 11 is 0. The SMILES string of the molecule is O=BO[O-].[K+]. The van der Waals surface area contributed by atoms with Crippen molar-refractivity contribution < 1.29 is 66.2 Å². The van der Waals surface area contributed by atoms with Crippen LogP contribution in [0.25, 0.3) is 0 Å². The largest absolute Gasteiger partial charge is 1.00 e. The zero-order chi connectivity index (χ0) is 3.41. The van der Waals surface area contributed by atoms with Crippen LogP contribution in [0.1, 0.15) is 0 Å². The molecular formula is BKO3. The molecule has 0 N–H and O–H groups in total. The van der Waals surface area contributed by atoms with Gasteiger partial charge in [-0.3, -0.25) is 0 Å². The molecule has 0 radical (unpaired) electrons. The first-order valence-electron chi connectivity index (χ1n) is 0.638. The average molecular weight is 97.9 g/mol. The number of hydrogen-bond acceptors (Lipinski definition) is 3. The molecule has 0 saturated carbocycles. The molecule has 0 bridgehead atoms. The Kier molecular flexibility index (Phi) is 17.1. The molecule has 0 amide bonds. The molecule has 0 atom stereocenters. The van der Waals surface area contributed by atoms with Gasteiger partial charge >= 0.3 is 73.5 Å². The molecule has 0 heterocycles. The van der Waals surface area contributed by atoms with Gasteiger partial charge in [0, 0.05) is 0 Å². The summed E-state index contributed by atoms with van der Waals surface area (Å²) in [5.41, 5.74) is 0. The molecule has 0 fully saturated rings. The predicted molar refractivity (Wildman–Crippen MR) is 7.53 cm³/mol. The second kappa shape index (κ2) is 8.98. The Morgan fingerprint density at radius 1 is 1.80 bits per heavy atom. The normalized spacial score (nSPS) is 3.40. The molecule has 0 rings (SSSR count). The molecule has 0 aliphatic carbocycles. The van der Waals surface area contributed by atoms with Crippen LogP contribution in [0.4, 0.5) is 0 Å². The van der Waals surface area contributed by atoms with Crippen LogP contribution in [-0.4, -0.2) is 7.35 Å². The standard InChI is InChI=1S/BHO3.K/c2-1-4-3;/h3H;/q;+1/p-1.